The summed E-state index contributed by atoms with van der Waals surface area (Å²) in [5, 5.41) is 4.08. The van der Waals surface area contributed by atoms with E-state index in [0.29, 0.717) is 12.4 Å². The molecule has 0 aliphatic heterocycles. The van der Waals surface area contributed by atoms with Crippen LogP contribution in [0.2, 0.25) is 0 Å². The van der Waals surface area contributed by atoms with Crippen molar-refractivity contribution >= 4 is 17.9 Å². The van der Waals surface area contributed by atoms with Gasteiger partial charge in [0.25, 0.3) is 5.56 Å². The highest BCUT2D eigenvalue weighted by atomic mass is 16.1. The van der Waals surface area contributed by atoms with E-state index in [2.05, 4.69) is 20.5 Å². The fraction of sp³-hybridized carbons (Fsp3) is 0.267. The lowest BCUT2D eigenvalue weighted by Crippen LogP contribution is -2.11. The molecule has 1 aromatic heterocycles. The molecule has 0 aliphatic rings. The summed E-state index contributed by atoms with van der Waals surface area (Å²) in [6.45, 7) is 1.95. The summed E-state index contributed by atoms with van der Waals surface area (Å²) in [5.41, 5.74) is 5.37. The molecule has 0 bridgehead atoms. The van der Waals surface area contributed by atoms with E-state index in [4.69, 9.17) is 0 Å². The number of aryl methyl sites for hydroxylation is 1. The number of hydrogen-bond donors (Lipinski definition) is 2. The number of nitrogens with zero attached hydrogens (tertiary/aromatic N) is 3. The van der Waals surface area contributed by atoms with E-state index in [1.807, 2.05) is 50.2 Å². The molecule has 0 unspecified atom stereocenters. The maximum atomic E-state index is 11.4. The van der Waals surface area contributed by atoms with Gasteiger partial charge < -0.3 is 4.90 Å². The highest BCUT2D eigenvalue weighted by molar-refractivity contribution is 5.80. The molecule has 2 aromatic rings. The van der Waals surface area contributed by atoms with Crippen molar-refractivity contribution in [3.63, 3.8) is 0 Å². The second kappa shape index (κ2) is 6.69. The van der Waals surface area contributed by atoms with Crippen molar-refractivity contribution in [1.29, 1.82) is 0 Å². The fourth-order valence-corrected chi connectivity index (χ4v) is 1.77. The minimum Gasteiger partial charge on any atom is -0.378 e. The zero-order valence-corrected chi connectivity index (χ0v) is 12.4. The van der Waals surface area contributed by atoms with Crippen LogP contribution in [0.5, 0.6) is 0 Å². The Kier molecular flexibility index (Phi) is 4.71. The maximum absolute atomic E-state index is 11.4. The molecule has 0 atom stereocenters. The van der Waals surface area contributed by atoms with Gasteiger partial charge in [-0.1, -0.05) is 19.1 Å². The monoisotopic (exact) mass is 285 g/mol. The van der Waals surface area contributed by atoms with Gasteiger partial charge in [-0.2, -0.15) is 5.10 Å². The molecule has 0 fully saturated rings. The Labute approximate surface area is 123 Å². The zero-order valence-electron chi connectivity index (χ0n) is 12.4. The number of rotatable bonds is 5. The van der Waals surface area contributed by atoms with Gasteiger partial charge in [-0.05, 0) is 24.1 Å². The molecule has 0 saturated carbocycles. The largest absolute Gasteiger partial charge is 0.378 e. The molecular weight excluding hydrogens is 266 g/mol. The minimum absolute atomic E-state index is 0.185. The third-order valence-corrected chi connectivity index (χ3v) is 2.95. The SMILES string of the molecule is CCc1cc(=O)[nH]c(N/N=C\c2ccc(N(C)C)cc2)n1. The molecule has 110 valence electrons. The lowest BCUT2D eigenvalue weighted by Gasteiger charge is -2.11. The van der Waals surface area contributed by atoms with E-state index in [1.165, 1.54) is 6.07 Å². The molecule has 21 heavy (non-hydrogen) atoms. The molecule has 1 aromatic carbocycles. The predicted octanol–water partition coefficient (Wildman–Crippen LogP) is 1.84. The van der Waals surface area contributed by atoms with Crippen molar-refractivity contribution in [3.8, 4) is 0 Å². The average molecular weight is 285 g/mol. The van der Waals surface area contributed by atoms with Gasteiger partial charge in [-0.15, -0.1) is 0 Å². The molecule has 0 aliphatic carbocycles. The van der Waals surface area contributed by atoms with Crippen molar-refractivity contribution in [1.82, 2.24) is 9.97 Å². The van der Waals surface area contributed by atoms with Gasteiger partial charge in [0.1, 0.15) is 0 Å². The highest BCUT2D eigenvalue weighted by Crippen LogP contribution is 2.10. The fourth-order valence-electron chi connectivity index (χ4n) is 1.77. The molecule has 0 spiro atoms. The Morgan fingerprint density at radius 2 is 2.05 bits per heavy atom. The van der Waals surface area contributed by atoms with Crippen LogP contribution in [-0.2, 0) is 6.42 Å². The first-order valence-corrected chi connectivity index (χ1v) is 6.75. The Balaban J connectivity index is 2.05. The Bertz CT molecular complexity index is 673. The number of nitrogens with one attached hydrogen (secondary N) is 2. The summed E-state index contributed by atoms with van der Waals surface area (Å²) >= 11 is 0. The van der Waals surface area contributed by atoms with Gasteiger partial charge in [0.05, 0.1) is 6.21 Å². The number of hydrogen-bond acceptors (Lipinski definition) is 5. The first-order valence-electron chi connectivity index (χ1n) is 6.75. The quantitative estimate of drug-likeness (QED) is 0.649. The molecule has 2 rings (SSSR count). The standard InChI is InChI=1S/C15H19N5O/c1-4-12-9-14(21)18-15(17-12)19-16-10-11-5-7-13(8-6-11)20(2)3/h5-10H,4H2,1-3H3,(H2,17,18,19,21)/b16-10-. The average Bonchev–Trinajstić information content (AvgIpc) is 2.47. The first kappa shape index (κ1) is 14.8. The summed E-state index contributed by atoms with van der Waals surface area (Å²) in [6, 6.07) is 9.45. The number of H-pyrrole nitrogens is 1. The summed E-state index contributed by atoms with van der Waals surface area (Å²) in [7, 11) is 3.99. The number of anilines is 2. The minimum atomic E-state index is -0.185. The van der Waals surface area contributed by atoms with E-state index >= 15 is 0 Å². The van der Waals surface area contributed by atoms with Crippen molar-refractivity contribution in [2.24, 2.45) is 5.10 Å². The molecule has 0 saturated heterocycles. The first-order chi connectivity index (χ1) is 10.1. The molecule has 6 nitrogen and oxygen atoms in total. The van der Waals surface area contributed by atoms with Crippen molar-refractivity contribution in [2.75, 3.05) is 24.4 Å². The zero-order chi connectivity index (χ0) is 15.2. The Morgan fingerprint density at radius 3 is 2.67 bits per heavy atom. The number of aromatic nitrogens is 2. The van der Waals surface area contributed by atoms with Crippen LogP contribution in [0.15, 0.2) is 40.2 Å². The van der Waals surface area contributed by atoms with E-state index in [-0.39, 0.29) is 5.56 Å². The summed E-state index contributed by atoms with van der Waals surface area (Å²) in [4.78, 5) is 20.3. The van der Waals surface area contributed by atoms with Crippen LogP contribution in [0.4, 0.5) is 11.6 Å². The predicted molar refractivity (Wildman–Crippen MR) is 86.2 cm³/mol. The van der Waals surface area contributed by atoms with Crippen LogP contribution in [-0.4, -0.2) is 30.3 Å². The molecule has 0 radical (unpaired) electrons. The Hall–Kier alpha value is -2.63. The van der Waals surface area contributed by atoms with Crippen LogP contribution < -0.4 is 15.9 Å². The van der Waals surface area contributed by atoms with Crippen molar-refractivity contribution in [3.05, 3.63) is 51.9 Å². The van der Waals surface area contributed by atoms with E-state index < -0.39 is 0 Å². The lowest BCUT2D eigenvalue weighted by molar-refractivity contribution is 0.974. The summed E-state index contributed by atoms with van der Waals surface area (Å²) in [5.74, 6) is 0.348. The van der Waals surface area contributed by atoms with Crippen LogP contribution in [0, 0.1) is 0 Å². The van der Waals surface area contributed by atoms with Gasteiger partial charge in [0, 0.05) is 31.5 Å². The topological polar surface area (TPSA) is 73.4 Å². The molecule has 6 heteroatoms. The van der Waals surface area contributed by atoms with E-state index in [9.17, 15) is 4.79 Å². The summed E-state index contributed by atoms with van der Waals surface area (Å²) in [6.07, 6.45) is 2.38. The van der Waals surface area contributed by atoms with Gasteiger partial charge in [0.2, 0.25) is 5.95 Å². The summed E-state index contributed by atoms with van der Waals surface area (Å²) < 4.78 is 0. The van der Waals surface area contributed by atoms with Crippen LogP contribution in [0.1, 0.15) is 18.2 Å². The van der Waals surface area contributed by atoms with Gasteiger partial charge in [0.15, 0.2) is 0 Å². The van der Waals surface area contributed by atoms with E-state index in [1.54, 1.807) is 6.21 Å². The van der Waals surface area contributed by atoms with Gasteiger partial charge >= 0.3 is 0 Å². The number of benzene rings is 1. The molecule has 0 amide bonds. The Morgan fingerprint density at radius 1 is 1.33 bits per heavy atom. The molecule has 1 heterocycles. The van der Waals surface area contributed by atoms with Gasteiger partial charge in [-0.3, -0.25) is 9.78 Å². The molecular formula is C15H19N5O. The smallest absolute Gasteiger partial charge is 0.252 e. The normalized spacial score (nSPS) is 10.8. The third kappa shape index (κ3) is 4.17. The van der Waals surface area contributed by atoms with Gasteiger partial charge in [-0.25, -0.2) is 10.4 Å². The van der Waals surface area contributed by atoms with Crippen LogP contribution in [0.3, 0.4) is 0 Å². The van der Waals surface area contributed by atoms with E-state index in [0.717, 1.165) is 16.9 Å². The van der Waals surface area contributed by atoms with Crippen molar-refractivity contribution < 1.29 is 0 Å². The van der Waals surface area contributed by atoms with Crippen molar-refractivity contribution in [2.45, 2.75) is 13.3 Å². The second-order valence-corrected chi connectivity index (χ2v) is 4.79. The number of hydrazone groups is 1. The van der Waals surface area contributed by atoms with Crippen LogP contribution in [0.25, 0.3) is 0 Å². The number of aromatic amines is 1. The maximum Gasteiger partial charge on any atom is 0.252 e. The second-order valence-electron chi connectivity index (χ2n) is 4.79. The van der Waals surface area contributed by atoms with Crippen LogP contribution >= 0.6 is 0 Å². The lowest BCUT2D eigenvalue weighted by atomic mass is 10.2. The highest BCUT2D eigenvalue weighted by Gasteiger charge is 1.98. The third-order valence-electron chi connectivity index (χ3n) is 2.95. The molecule has 2 N–H and O–H groups in total.